The average Bonchev–Trinajstić information content (AvgIpc) is 2.71. The Morgan fingerprint density at radius 3 is 2.27 bits per heavy atom. The lowest BCUT2D eigenvalue weighted by molar-refractivity contribution is -0.150. The Morgan fingerprint density at radius 1 is 1.12 bits per heavy atom. The third-order valence-corrected chi connectivity index (χ3v) is 9.11. The molecule has 4 bridgehead atoms. The molecule has 4 fully saturated rings. The van der Waals surface area contributed by atoms with E-state index >= 15 is 0 Å². The molecule has 33 heavy (non-hydrogen) atoms. The minimum atomic E-state index is -3.36. The number of nitrogens with two attached hydrogens (primary N) is 1. The summed E-state index contributed by atoms with van der Waals surface area (Å²) in [5.41, 5.74) is 4.73. The molecule has 0 radical (unpaired) electrons. The van der Waals surface area contributed by atoms with E-state index in [0.717, 1.165) is 32.1 Å². The van der Waals surface area contributed by atoms with E-state index in [1.54, 1.807) is 38.1 Å². The Hall–Kier alpha value is -2.29. The van der Waals surface area contributed by atoms with E-state index < -0.39 is 15.6 Å². The van der Waals surface area contributed by atoms with Gasteiger partial charge in [-0.15, -0.1) is 0 Å². The largest absolute Gasteiger partial charge is 0.478 e. The van der Waals surface area contributed by atoms with E-state index in [0.29, 0.717) is 23.8 Å². The second kappa shape index (κ2) is 8.49. The maximum Gasteiger partial charge on any atom is 0.263 e. The summed E-state index contributed by atoms with van der Waals surface area (Å²) in [6, 6.07) is 6.59. The highest BCUT2D eigenvalue weighted by Crippen LogP contribution is 2.59. The number of sulfonamides is 1. The first-order valence-electron chi connectivity index (χ1n) is 11.8. The topological polar surface area (TPSA) is 128 Å². The second-order valence-electron chi connectivity index (χ2n) is 10.7. The van der Waals surface area contributed by atoms with E-state index in [2.05, 4.69) is 10.0 Å². The predicted molar refractivity (Wildman–Crippen MR) is 126 cm³/mol. The van der Waals surface area contributed by atoms with Gasteiger partial charge in [-0.25, -0.2) is 8.42 Å². The third kappa shape index (κ3) is 4.83. The van der Waals surface area contributed by atoms with E-state index in [-0.39, 0.29) is 40.9 Å². The SMILES string of the molecule is CCCS(=O)(=O)Nc1ccc(OC(C)(C)C(=O)NC2C3CC4CC2CC(C(N)=O)(C4)C3)cc1. The number of rotatable bonds is 9. The van der Waals surface area contributed by atoms with Crippen molar-refractivity contribution in [2.45, 2.75) is 70.9 Å². The van der Waals surface area contributed by atoms with Crippen molar-refractivity contribution in [1.82, 2.24) is 5.32 Å². The van der Waals surface area contributed by atoms with Gasteiger partial charge in [-0.2, -0.15) is 0 Å². The van der Waals surface area contributed by atoms with Gasteiger partial charge in [0.2, 0.25) is 15.9 Å². The summed E-state index contributed by atoms with van der Waals surface area (Å²) < 4.78 is 32.4. The Bertz CT molecular complexity index is 1010. The molecule has 0 aromatic heterocycles. The molecule has 1 aromatic carbocycles. The number of benzene rings is 1. The number of carbonyl (C=O) groups excluding carboxylic acids is 2. The summed E-state index contributed by atoms with van der Waals surface area (Å²) >= 11 is 0. The Labute approximate surface area is 196 Å². The van der Waals surface area contributed by atoms with Crippen molar-refractivity contribution in [3.8, 4) is 5.75 Å². The van der Waals surface area contributed by atoms with Gasteiger partial charge in [0.25, 0.3) is 5.91 Å². The molecule has 0 aliphatic heterocycles. The molecule has 8 nitrogen and oxygen atoms in total. The van der Waals surface area contributed by atoms with Crippen LogP contribution in [0.5, 0.6) is 5.75 Å². The van der Waals surface area contributed by atoms with Crippen LogP contribution in [0.15, 0.2) is 24.3 Å². The number of primary amides is 1. The first-order chi connectivity index (χ1) is 15.4. The quantitative estimate of drug-likeness (QED) is 0.504. The van der Waals surface area contributed by atoms with Crippen molar-refractivity contribution in [2.75, 3.05) is 10.5 Å². The minimum Gasteiger partial charge on any atom is -0.478 e. The zero-order chi connectivity index (χ0) is 24.0. The van der Waals surface area contributed by atoms with Gasteiger partial charge >= 0.3 is 0 Å². The van der Waals surface area contributed by atoms with Crippen molar-refractivity contribution in [3.63, 3.8) is 0 Å². The van der Waals surface area contributed by atoms with Crippen LogP contribution in [0.3, 0.4) is 0 Å². The fourth-order valence-electron chi connectivity index (χ4n) is 6.32. The van der Waals surface area contributed by atoms with Crippen LogP contribution in [0.25, 0.3) is 0 Å². The zero-order valence-corrected chi connectivity index (χ0v) is 20.4. The summed E-state index contributed by atoms with van der Waals surface area (Å²) in [5, 5.41) is 3.23. The first-order valence-corrected chi connectivity index (χ1v) is 13.5. The van der Waals surface area contributed by atoms with Gasteiger partial charge in [-0.1, -0.05) is 6.92 Å². The average molecular weight is 478 g/mol. The van der Waals surface area contributed by atoms with Gasteiger partial charge in [0.15, 0.2) is 5.60 Å². The van der Waals surface area contributed by atoms with E-state index in [9.17, 15) is 18.0 Å². The van der Waals surface area contributed by atoms with Crippen LogP contribution in [-0.2, 0) is 19.6 Å². The van der Waals surface area contributed by atoms with E-state index in [4.69, 9.17) is 10.5 Å². The van der Waals surface area contributed by atoms with Crippen molar-refractivity contribution in [1.29, 1.82) is 0 Å². The normalized spacial score (nSPS) is 30.6. The molecule has 4 N–H and O–H groups in total. The summed E-state index contributed by atoms with van der Waals surface area (Å²) in [4.78, 5) is 25.3. The Morgan fingerprint density at radius 2 is 1.73 bits per heavy atom. The van der Waals surface area contributed by atoms with Gasteiger partial charge in [0.1, 0.15) is 5.75 Å². The van der Waals surface area contributed by atoms with Crippen LogP contribution in [0.4, 0.5) is 5.69 Å². The summed E-state index contributed by atoms with van der Waals surface area (Å²) in [7, 11) is -3.36. The van der Waals surface area contributed by atoms with Crippen LogP contribution in [-0.4, -0.2) is 37.6 Å². The Kier molecular flexibility index (Phi) is 6.14. The molecule has 0 heterocycles. The maximum absolute atomic E-state index is 13.2. The van der Waals surface area contributed by atoms with Gasteiger partial charge in [0, 0.05) is 17.1 Å². The number of hydrogen-bond donors (Lipinski definition) is 3. The highest BCUT2D eigenvalue weighted by Gasteiger charge is 2.58. The molecule has 4 saturated carbocycles. The van der Waals surface area contributed by atoms with Crippen LogP contribution >= 0.6 is 0 Å². The van der Waals surface area contributed by atoms with Gasteiger partial charge in [-0.3, -0.25) is 14.3 Å². The fraction of sp³-hybridized carbons (Fsp3) is 0.667. The fourth-order valence-corrected chi connectivity index (χ4v) is 7.45. The molecular weight excluding hydrogens is 442 g/mol. The summed E-state index contributed by atoms with van der Waals surface area (Å²) in [6.07, 6.45) is 5.02. The van der Waals surface area contributed by atoms with Crippen molar-refractivity contribution in [2.24, 2.45) is 28.9 Å². The molecule has 0 saturated heterocycles. The van der Waals surface area contributed by atoms with Crippen molar-refractivity contribution >= 4 is 27.5 Å². The van der Waals surface area contributed by atoms with Crippen LogP contribution in [0, 0.1) is 23.2 Å². The number of carbonyl (C=O) groups is 2. The van der Waals surface area contributed by atoms with Crippen molar-refractivity contribution in [3.05, 3.63) is 24.3 Å². The number of anilines is 1. The monoisotopic (exact) mass is 477 g/mol. The number of nitrogens with one attached hydrogen (secondary N) is 2. The van der Waals surface area contributed by atoms with Gasteiger partial charge < -0.3 is 15.8 Å². The maximum atomic E-state index is 13.2. The van der Waals surface area contributed by atoms with E-state index in [1.165, 1.54) is 0 Å². The molecule has 0 spiro atoms. The van der Waals surface area contributed by atoms with Crippen LogP contribution < -0.4 is 20.5 Å². The molecule has 2 atom stereocenters. The van der Waals surface area contributed by atoms with E-state index in [1.807, 2.05) is 6.92 Å². The molecule has 4 aliphatic carbocycles. The molecular formula is C24H35N3O5S. The van der Waals surface area contributed by atoms with Gasteiger partial charge in [0.05, 0.1) is 5.75 Å². The molecule has 4 aliphatic rings. The first kappa shape index (κ1) is 23.9. The third-order valence-electron chi connectivity index (χ3n) is 7.61. The molecule has 182 valence electrons. The number of hydrogen-bond acceptors (Lipinski definition) is 5. The molecule has 2 amide bonds. The second-order valence-corrected chi connectivity index (χ2v) is 12.5. The lowest BCUT2D eigenvalue weighted by Gasteiger charge is -2.59. The molecule has 1 aromatic rings. The highest BCUT2D eigenvalue weighted by molar-refractivity contribution is 7.92. The number of amides is 2. The molecule has 5 rings (SSSR count). The van der Waals surface area contributed by atoms with Crippen LogP contribution in [0.1, 0.15) is 59.3 Å². The van der Waals surface area contributed by atoms with Gasteiger partial charge in [-0.05, 0) is 94.4 Å². The standard InChI is InChI=1S/C24H35N3O5S/c1-4-9-33(30,31)27-18-5-7-19(8-6-18)32-23(2,3)22(29)26-20-16-10-15-11-17(20)14-24(12-15,13-16)21(25)28/h5-8,15-17,20,27H,4,9-14H2,1-3H3,(H2,25,28)(H,26,29). The summed E-state index contributed by atoms with van der Waals surface area (Å²) in [5.74, 6) is 1.24. The molecule has 2 unspecified atom stereocenters. The smallest absolute Gasteiger partial charge is 0.263 e. The predicted octanol–water partition coefficient (Wildman–Crippen LogP) is 2.79. The van der Waals surface area contributed by atoms with Crippen molar-refractivity contribution < 1.29 is 22.7 Å². The summed E-state index contributed by atoms with van der Waals surface area (Å²) in [6.45, 7) is 5.25. The molecule has 9 heteroatoms. The van der Waals surface area contributed by atoms with Crippen LogP contribution in [0.2, 0.25) is 0 Å². The Balaban J connectivity index is 1.38. The zero-order valence-electron chi connectivity index (χ0n) is 19.6. The minimum absolute atomic E-state index is 0.0414. The lowest BCUT2D eigenvalue weighted by atomic mass is 9.47. The lowest BCUT2D eigenvalue weighted by Crippen LogP contribution is -2.63. The number of ether oxygens (including phenoxy) is 1. The highest BCUT2D eigenvalue weighted by atomic mass is 32.2.